The molecule has 0 aliphatic carbocycles. The molecule has 0 saturated carbocycles. The summed E-state index contributed by atoms with van der Waals surface area (Å²) in [5.41, 5.74) is 1.15. The summed E-state index contributed by atoms with van der Waals surface area (Å²) < 4.78 is 25.8. The van der Waals surface area contributed by atoms with E-state index in [0.717, 1.165) is 5.56 Å². The highest BCUT2D eigenvalue weighted by molar-refractivity contribution is 6.01. The van der Waals surface area contributed by atoms with Gasteiger partial charge in [-0.3, -0.25) is 19.2 Å². The fourth-order valence-electron chi connectivity index (χ4n) is 5.93. The van der Waals surface area contributed by atoms with Gasteiger partial charge >= 0.3 is 0 Å². The lowest BCUT2D eigenvalue weighted by Gasteiger charge is -2.38. The molecule has 2 heterocycles. The van der Waals surface area contributed by atoms with E-state index in [1.807, 2.05) is 30.3 Å². The van der Waals surface area contributed by atoms with Crippen molar-refractivity contribution in [3.63, 3.8) is 0 Å². The van der Waals surface area contributed by atoms with Crippen molar-refractivity contribution in [2.75, 3.05) is 33.0 Å². The van der Waals surface area contributed by atoms with Crippen LogP contribution in [-0.4, -0.2) is 79.8 Å². The first-order valence-corrected chi connectivity index (χ1v) is 15.6. The smallest absolute Gasteiger partial charge is 0.255 e. The zero-order valence-electron chi connectivity index (χ0n) is 25.9. The van der Waals surface area contributed by atoms with Crippen LogP contribution in [0.15, 0.2) is 78.9 Å². The number of rotatable bonds is 7. The second-order valence-electron chi connectivity index (χ2n) is 11.9. The van der Waals surface area contributed by atoms with Crippen molar-refractivity contribution >= 4 is 23.6 Å². The minimum absolute atomic E-state index is 0.0210. The molecule has 0 spiro atoms. The molecule has 0 unspecified atom stereocenters. The number of carbonyl (C=O) groups excluding carboxylic acids is 4. The zero-order chi connectivity index (χ0) is 33.2. The van der Waals surface area contributed by atoms with Crippen molar-refractivity contribution in [2.24, 2.45) is 0 Å². The SMILES string of the molecule is O=C1C[C@@H](C(=O)NCC2(c3cccc(F)c3)CCOCC2)NC(=O)c2ccccc2OC[C@@H](Cc2ccccc2)NC(=O)[C@H](CO)N1. The van der Waals surface area contributed by atoms with Gasteiger partial charge in [0.05, 0.1) is 24.6 Å². The largest absolute Gasteiger partial charge is 0.491 e. The molecule has 47 heavy (non-hydrogen) atoms. The lowest BCUT2D eigenvalue weighted by Crippen LogP contribution is -2.56. The number of fused-ring (bicyclic) bond motifs is 1. The highest BCUT2D eigenvalue weighted by atomic mass is 19.1. The number of carbonyl (C=O) groups is 4. The number of para-hydroxylation sites is 1. The molecule has 1 fully saturated rings. The van der Waals surface area contributed by atoms with Crippen LogP contribution in [0.4, 0.5) is 4.39 Å². The Kier molecular flexibility index (Phi) is 11.2. The minimum atomic E-state index is -1.35. The third-order valence-corrected chi connectivity index (χ3v) is 8.58. The van der Waals surface area contributed by atoms with Crippen molar-refractivity contribution in [1.29, 1.82) is 0 Å². The molecule has 0 bridgehead atoms. The van der Waals surface area contributed by atoms with Crippen molar-refractivity contribution in [3.8, 4) is 5.75 Å². The quantitative estimate of drug-likeness (QED) is 0.262. The molecule has 248 valence electrons. The van der Waals surface area contributed by atoms with Crippen molar-refractivity contribution in [3.05, 3.63) is 101 Å². The predicted molar refractivity (Wildman–Crippen MR) is 170 cm³/mol. The fourth-order valence-corrected chi connectivity index (χ4v) is 5.93. The third kappa shape index (κ3) is 8.72. The summed E-state index contributed by atoms with van der Waals surface area (Å²) in [5, 5.41) is 20.9. The molecule has 11 nitrogen and oxygen atoms in total. The van der Waals surface area contributed by atoms with E-state index < -0.39 is 66.0 Å². The minimum Gasteiger partial charge on any atom is -0.491 e. The van der Waals surface area contributed by atoms with Gasteiger partial charge in [-0.1, -0.05) is 54.6 Å². The van der Waals surface area contributed by atoms with E-state index >= 15 is 0 Å². The number of nitrogens with one attached hydrogen (secondary N) is 4. The van der Waals surface area contributed by atoms with Gasteiger partial charge in [-0.2, -0.15) is 0 Å². The zero-order valence-corrected chi connectivity index (χ0v) is 25.9. The number of ether oxygens (including phenoxy) is 2. The Morgan fingerprint density at radius 1 is 0.936 bits per heavy atom. The molecule has 3 aromatic carbocycles. The Morgan fingerprint density at radius 2 is 1.68 bits per heavy atom. The van der Waals surface area contributed by atoms with Crippen molar-refractivity contribution in [1.82, 2.24) is 21.3 Å². The maximum atomic E-state index is 14.2. The van der Waals surface area contributed by atoms with Crippen LogP contribution < -0.4 is 26.0 Å². The van der Waals surface area contributed by atoms with Crippen LogP contribution in [0.3, 0.4) is 0 Å². The summed E-state index contributed by atoms with van der Waals surface area (Å²) in [7, 11) is 0. The van der Waals surface area contributed by atoms with E-state index in [1.165, 1.54) is 12.1 Å². The van der Waals surface area contributed by atoms with E-state index in [-0.39, 0.29) is 24.5 Å². The highest BCUT2D eigenvalue weighted by Gasteiger charge is 2.37. The van der Waals surface area contributed by atoms with Crippen LogP contribution in [-0.2, 0) is 31.0 Å². The highest BCUT2D eigenvalue weighted by Crippen LogP contribution is 2.34. The van der Waals surface area contributed by atoms with Crippen LogP contribution in [0, 0.1) is 5.82 Å². The predicted octanol–water partition coefficient (Wildman–Crippen LogP) is 1.78. The first-order valence-electron chi connectivity index (χ1n) is 15.6. The monoisotopic (exact) mass is 646 g/mol. The molecule has 0 radical (unpaired) electrons. The van der Waals surface area contributed by atoms with Gasteiger partial charge in [-0.25, -0.2) is 4.39 Å². The standard InChI is InChI=1S/C35H39FN4O7/c36-25-10-6-9-24(18-25)35(13-15-46-16-14-35)22-37-33(44)28-19-31(42)39-29(20-41)34(45)38-26(17-23-7-2-1-3-8-23)21-47-30-12-5-4-11-27(30)32(43)40-28/h1-12,18,26,28-29,41H,13-17,19-22H2,(H,37,44)(H,38,45)(H,39,42)(H,40,43)/t26-,28+,29+/m1/s1. The molecule has 2 aliphatic heterocycles. The van der Waals surface area contributed by atoms with Crippen LogP contribution >= 0.6 is 0 Å². The number of amides is 4. The summed E-state index contributed by atoms with van der Waals surface area (Å²) in [6.07, 6.45) is 0.918. The topological polar surface area (TPSA) is 155 Å². The summed E-state index contributed by atoms with van der Waals surface area (Å²) in [4.78, 5) is 53.7. The first kappa shape index (κ1) is 33.6. The molecule has 5 N–H and O–H groups in total. The number of halogens is 1. The van der Waals surface area contributed by atoms with Gasteiger partial charge in [0.25, 0.3) is 5.91 Å². The van der Waals surface area contributed by atoms with Gasteiger partial charge in [-0.15, -0.1) is 0 Å². The van der Waals surface area contributed by atoms with E-state index in [0.29, 0.717) is 38.0 Å². The van der Waals surface area contributed by atoms with Gasteiger partial charge in [0.15, 0.2) is 0 Å². The second kappa shape index (κ2) is 15.7. The number of hydrogen-bond donors (Lipinski definition) is 5. The van der Waals surface area contributed by atoms with Crippen LogP contribution in [0.5, 0.6) is 5.75 Å². The Labute approximate surface area is 272 Å². The van der Waals surface area contributed by atoms with E-state index in [9.17, 15) is 28.7 Å². The van der Waals surface area contributed by atoms with Crippen molar-refractivity contribution < 1.29 is 38.1 Å². The number of aliphatic hydroxyl groups excluding tert-OH is 1. The molecular weight excluding hydrogens is 607 g/mol. The lowest BCUT2D eigenvalue weighted by molar-refractivity contribution is -0.132. The molecular formula is C35H39FN4O7. The van der Waals surface area contributed by atoms with Crippen molar-refractivity contribution in [2.45, 2.75) is 49.2 Å². The van der Waals surface area contributed by atoms with E-state index in [2.05, 4.69) is 21.3 Å². The molecule has 2 aliphatic rings. The first-order chi connectivity index (χ1) is 22.8. The average molecular weight is 647 g/mol. The molecule has 3 atom stereocenters. The fraction of sp³-hybridized carbons (Fsp3) is 0.371. The summed E-state index contributed by atoms with van der Waals surface area (Å²) in [6, 6.07) is 18.9. The maximum absolute atomic E-state index is 14.2. The molecule has 4 amide bonds. The van der Waals surface area contributed by atoms with E-state index in [4.69, 9.17) is 9.47 Å². The Balaban J connectivity index is 1.39. The summed E-state index contributed by atoms with van der Waals surface area (Å²) >= 11 is 0. The molecule has 5 rings (SSSR count). The molecule has 3 aromatic rings. The van der Waals surface area contributed by atoms with E-state index in [1.54, 1.807) is 36.4 Å². The third-order valence-electron chi connectivity index (χ3n) is 8.58. The van der Waals surface area contributed by atoms with Gasteiger partial charge in [0, 0.05) is 25.2 Å². The maximum Gasteiger partial charge on any atom is 0.255 e. The summed E-state index contributed by atoms with van der Waals surface area (Å²) in [6.45, 7) is 0.232. The normalized spacial score (nSPS) is 21.9. The number of aliphatic hydroxyl groups is 1. The Bertz CT molecular complexity index is 1560. The second-order valence-corrected chi connectivity index (χ2v) is 11.9. The van der Waals surface area contributed by atoms with Crippen LogP contribution in [0.25, 0.3) is 0 Å². The van der Waals surface area contributed by atoms with Gasteiger partial charge < -0.3 is 35.8 Å². The Hall–Kier alpha value is -4.81. The molecule has 0 aromatic heterocycles. The average Bonchev–Trinajstić information content (AvgIpc) is 3.08. The number of benzene rings is 3. The Morgan fingerprint density at radius 3 is 2.43 bits per heavy atom. The van der Waals surface area contributed by atoms with Gasteiger partial charge in [-0.05, 0) is 54.7 Å². The summed E-state index contributed by atoms with van der Waals surface area (Å²) in [5.74, 6) is -2.81. The molecule has 12 heteroatoms. The van der Waals surface area contributed by atoms with Crippen LogP contribution in [0.2, 0.25) is 0 Å². The lowest BCUT2D eigenvalue weighted by atomic mass is 9.74. The number of hydrogen-bond acceptors (Lipinski definition) is 7. The van der Waals surface area contributed by atoms with Gasteiger partial charge in [0.1, 0.15) is 30.3 Å². The van der Waals surface area contributed by atoms with Gasteiger partial charge in [0.2, 0.25) is 17.7 Å². The molecule has 1 saturated heterocycles. The van der Waals surface area contributed by atoms with Crippen LogP contribution in [0.1, 0.15) is 40.7 Å².